The van der Waals surface area contributed by atoms with Gasteiger partial charge in [0.2, 0.25) is 11.8 Å². The maximum atomic E-state index is 12.6. The van der Waals surface area contributed by atoms with Crippen LogP contribution in [0.5, 0.6) is 0 Å². The van der Waals surface area contributed by atoms with Crippen molar-refractivity contribution >= 4 is 11.8 Å². The minimum atomic E-state index is -0.149. The Morgan fingerprint density at radius 2 is 1.70 bits per heavy atom. The van der Waals surface area contributed by atoms with Gasteiger partial charge >= 0.3 is 0 Å². The van der Waals surface area contributed by atoms with Gasteiger partial charge in [-0.1, -0.05) is 61.5 Å². The zero-order valence-corrected chi connectivity index (χ0v) is 16.2. The van der Waals surface area contributed by atoms with E-state index in [1.807, 2.05) is 35.2 Å². The summed E-state index contributed by atoms with van der Waals surface area (Å²) in [6.45, 7) is 4.74. The minimum Gasteiger partial charge on any atom is -0.352 e. The number of aryl methyl sites for hydroxylation is 1. The first-order valence-corrected chi connectivity index (χ1v) is 9.76. The third-order valence-corrected chi connectivity index (χ3v) is 5.44. The van der Waals surface area contributed by atoms with Gasteiger partial charge in [0.05, 0.1) is 12.0 Å². The molecule has 2 atom stereocenters. The van der Waals surface area contributed by atoms with Crippen molar-refractivity contribution < 1.29 is 9.59 Å². The summed E-state index contributed by atoms with van der Waals surface area (Å²) in [5.41, 5.74) is 3.53. The van der Waals surface area contributed by atoms with Crippen LogP contribution < -0.4 is 5.32 Å². The number of rotatable bonds is 5. The molecule has 1 heterocycles. The molecule has 0 aliphatic carbocycles. The molecule has 2 aromatic rings. The lowest BCUT2D eigenvalue weighted by atomic mass is 9.88. The molecule has 1 saturated heterocycles. The van der Waals surface area contributed by atoms with E-state index in [9.17, 15) is 9.59 Å². The van der Waals surface area contributed by atoms with Crippen molar-refractivity contribution in [1.82, 2.24) is 10.2 Å². The molecule has 0 saturated carbocycles. The van der Waals surface area contributed by atoms with Gasteiger partial charge in [0.25, 0.3) is 0 Å². The van der Waals surface area contributed by atoms with Crippen LogP contribution in [-0.4, -0.2) is 23.3 Å². The monoisotopic (exact) mass is 364 g/mol. The van der Waals surface area contributed by atoms with E-state index in [-0.39, 0.29) is 23.8 Å². The summed E-state index contributed by atoms with van der Waals surface area (Å²) < 4.78 is 0. The zero-order chi connectivity index (χ0) is 19.2. The lowest BCUT2D eigenvalue weighted by Crippen LogP contribution is -2.46. The Bertz CT molecular complexity index is 771. The van der Waals surface area contributed by atoms with Crippen LogP contribution >= 0.6 is 0 Å². The lowest BCUT2D eigenvalue weighted by molar-refractivity contribution is -0.137. The fraction of sp³-hybridized carbons (Fsp3) is 0.391. The van der Waals surface area contributed by atoms with Crippen molar-refractivity contribution in [1.29, 1.82) is 0 Å². The number of hydrogen-bond acceptors (Lipinski definition) is 2. The van der Waals surface area contributed by atoms with Crippen LogP contribution in [-0.2, 0) is 22.6 Å². The summed E-state index contributed by atoms with van der Waals surface area (Å²) in [4.78, 5) is 26.7. The van der Waals surface area contributed by atoms with Gasteiger partial charge in [0.15, 0.2) is 0 Å². The number of hydrogen-bond donors (Lipinski definition) is 1. The molecule has 0 unspecified atom stereocenters. The molecule has 0 bridgehead atoms. The Balaban J connectivity index is 1.64. The average molecular weight is 364 g/mol. The van der Waals surface area contributed by atoms with Crippen molar-refractivity contribution in [2.45, 2.75) is 45.7 Å². The first-order chi connectivity index (χ1) is 13.1. The first kappa shape index (κ1) is 19.2. The van der Waals surface area contributed by atoms with Crippen molar-refractivity contribution in [3.05, 3.63) is 71.3 Å². The summed E-state index contributed by atoms with van der Waals surface area (Å²) in [6.07, 6.45) is 2.62. The number of piperidine rings is 1. The molecule has 1 aliphatic heterocycles. The van der Waals surface area contributed by atoms with Gasteiger partial charge in [0, 0.05) is 20.0 Å². The Labute approximate surface area is 161 Å². The number of likely N-dealkylation sites (tertiary alicyclic amines) is 1. The van der Waals surface area contributed by atoms with Gasteiger partial charge in [-0.2, -0.15) is 0 Å². The van der Waals surface area contributed by atoms with Crippen molar-refractivity contribution in [2.24, 2.45) is 5.92 Å². The lowest BCUT2D eigenvalue weighted by Gasteiger charge is -2.39. The molecular weight excluding hydrogens is 336 g/mol. The fourth-order valence-corrected chi connectivity index (χ4v) is 3.78. The van der Waals surface area contributed by atoms with Gasteiger partial charge in [-0.15, -0.1) is 0 Å². The van der Waals surface area contributed by atoms with E-state index in [0.717, 1.165) is 30.4 Å². The number of amides is 2. The first-order valence-electron chi connectivity index (χ1n) is 9.76. The number of carbonyl (C=O) groups is 2. The second kappa shape index (κ2) is 8.85. The van der Waals surface area contributed by atoms with Crippen LogP contribution in [0.1, 0.15) is 49.4 Å². The Hall–Kier alpha value is -2.62. The molecular formula is C23H28N2O2. The van der Waals surface area contributed by atoms with Crippen LogP contribution in [0, 0.1) is 5.92 Å². The average Bonchev–Trinajstić information content (AvgIpc) is 2.72. The van der Waals surface area contributed by atoms with E-state index >= 15 is 0 Å². The molecule has 1 N–H and O–H groups in total. The molecule has 27 heavy (non-hydrogen) atoms. The standard InChI is InChI=1S/C23H28N2O2/c1-3-18-9-11-20(12-10-18)22-14-13-21(16-25(22)17(2)26)23(27)24-15-19-7-5-4-6-8-19/h4-12,21-22H,3,13-16H2,1-2H3,(H,24,27)/t21-,22+/m0/s1. The zero-order valence-electron chi connectivity index (χ0n) is 16.2. The second-order valence-corrected chi connectivity index (χ2v) is 7.26. The van der Waals surface area contributed by atoms with E-state index in [1.165, 1.54) is 5.56 Å². The highest BCUT2D eigenvalue weighted by Crippen LogP contribution is 2.33. The Kier molecular flexibility index (Phi) is 6.28. The summed E-state index contributed by atoms with van der Waals surface area (Å²) >= 11 is 0. The molecule has 2 aromatic carbocycles. The maximum Gasteiger partial charge on any atom is 0.225 e. The normalized spacial score (nSPS) is 19.6. The molecule has 2 amide bonds. The van der Waals surface area contributed by atoms with E-state index in [2.05, 4.69) is 36.5 Å². The molecule has 4 heteroatoms. The highest BCUT2D eigenvalue weighted by Gasteiger charge is 2.34. The topological polar surface area (TPSA) is 49.4 Å². The quantitative estimate of drug-likeness (QED) is 0.876. The van der Waals surface area contributed by atoms with Gasteiger partial charge in [-0.3, -0.25) is 9.59 Å². The van der Waals surface area contributed by atoms with Gasteiger partial charge in [0.1, 0.15) is 0 Å². The van der Waals surface area contributed by atoms with E-state index < -0.39 is 0 Å². The van der Waals surface area contributed by atoms with Gasteiger partial charge in [-0.25, -0.2) is 0 Å². The highest BCUT2D eigenvalue weighted by molar-refractivity contribution is 5.81. The molecule has 1 aliphatic rings. The molecule has 0 aromatic heterocycles. The summed E-state index contributed by atoms with van der Waals surface area (Å²) in [7, 11) is 0. The highest BCUT2D eigenvalue weighted by atomic mass is 16.2. The van der Waals surface area contributed by atoms with Crippen molar-refractivity contribution in [3.63, 3.8) is 0 Å². The molecule has 142 valence electrons. The van der Waals surface area contributed by atoms with E-state index in [0.29, 0.717) is 13.1 Å². The molecule has 4 nitrogen and oxygen atoms in total. The summed E-state index contributed by atoms with van der Waals surface area (Å²) in [5.74, 6) is -0.0891. The predicted molar refractivity (Wildman–Crippen MR) is 107 cm³/mol. The molecule has 3 rings (SSSR count). The van der Waals surface area contributed by atoms with E-state index in [1.54, 1.807) is 6.92 Å². The van der Waals surface area contributed by atoms with Gasteiger partial charge in [-0.05, 0) is 36.0 Å². The second-order valence-electron chi connectivity index (χ2n) is 7.26. The van der Waals surface area contributed by atoms with Crippen LogP contribution in [0.2, 0.25) is 0 Å². The fourth-order valence-electron chi connectivity index (χ4n) is 3.78. The number of nitrogens with zero attached hydrogens (tertiary/aromatic N) is 1. The smallest absolute Gasteiger partial charge is 0.225 e. The summed E-state index contributed by atoms with van der Waals surface area (Å²) in [5, 5.41) is 3.02. The van der Waals surface area contributed by atoms with Gasteiger partial charge < -0.3 is 10.2 Å². The molecule has 0 radical (unpaired) electrons. The molecule has 1 fully saturated rings. The van der Waals surface area contributed by atoms with Crippen LogP contribution in [0.4, 0.5) is 0 Å². The predicted octanol–water partition coefficient (Wildman–Crippen LogP) is 3.87. The third-order valence-electron chi connectivity index (χ3n) is 5.44. The van der Waals surface area contributed by atoms with Crippen LogP contribution in [0.25, 0.3) is 0 Å². The Morgan fingerprint density at radius 3 is 2.33 bits per heavy atom. The number of carbonyl (C=O) groups excluding carboxylic acids is 2. The maximum absolute atomic E-state index is 12.6. The largest absolute Gasteiger partial charge is 0.352 e. The number of benzene rings is 2. The summed E-state index contributed by atoms with van der Waals surface area (Å²) in [6, 6.07) is 18.5. The Morgan fingerprint density at radius 1 is 1.00 bits per heavy atom. The SMILES string of the molecule is CCc1ccc([C@H]2CC[C@H](C(=O)NCc3ccccc3)CN2C(C)=O)cc1. The third kappa shape index (κ3) is 4.76. The number of nitrogens with one attached hydrogen (secondary N) is 1. The van der Waals surface area contributed by atoms with Crippen molar-refractivity contribution in [2.75, 3.05) is 6.54 Å². The van der Waals surface area contributed by atoms with Crippen LogP contribution in [0.3, 0.4) is 0 Å². The van der Waals surface area contributed by atoms with Crippen LogP contribution in [0.15, 0.2) is 54.6 Å². The van der Waals surface area contributed by atoms with E-state index in [4.69, 9.17) is 0 Å². The molecule has 0 spiro atoms. The minimum absolute atomic E-state index is 0.0279. The van der Waals surface area contributed by atoms with Crippen molar-refractivity contribution in [3.8, 4) is 0 Å².